The van der Waals surface area contributed by atoms with E-state index >= 15 is 0 Å². The molecule has 2 aromatic carbocycles. The maximum absolute atomic E-state index is 12.9. The van der Waals surface area contributed by atoms with Crippen molar-refractivity contribution in [3.63, 3.8) is 0 Å². The average Bonchev–Trinajstić information content (AvgIpc) is 3.10. The Kier molecular flexibility index (Phi) is 5.14. The van der Waals surface area contributed by atoms with Gasteiger partial charge in [0, 0.05) is 41.9 Å². The van der Waals surface area contributed by atoms with E-state index in [-0.39, 0.29) is 18.1 Å². The summed E-state index contributed by atoms with van der Waals surface area (Å²) in [5.41, 5.74) is 2.82. The summed E-state index contributed by atoms with van der Waals surface area (Å²) in [6.45, 7) is 0.642. The number of para-hydroxylation sites is 1. The number of rotatable bonds is 4. The number of hydrogen-bond donors (Lipinski definition) is 2. The molecule has 3 heterocycles. The normalized spacial score (nSPS) is 19.4. The first kappa shape index (κ1) is 20.3. The number of aromatic nitrogens is 1. The third-order valence-electron chi connectivity index (χ3n) is 6.21. The largest absolute Gasteiger partial charge is 0.496 e. The SMILES string of the molecule is COc1cc(NC(=O)Nc2cccc3c2[C@@H]2C[C@H](OC)CCN2C3=O)nc2ccccc12. The molecule has 1 saturated heterocycles. The lowest BCUT2D eigenvalue weighted by Crippen LogP contribution is -2.38. The van der Waals surface area contributed by atoms with Crippen LogP contribution in [0, 0.1) is 0 Å². The summed E-state index contributed by atoms with van der Waals surface area (Å²) in [5, 5.41) is 6.57. The summed E-state index contributed by atoms with van der Waals surface area (Å²) in [4.78, 5) is 32.1. The number of piperidine rings is 1. The Morgan fingerprint density at radius 2 is 1.97 bits per heavy atom. The Balaban J connectivity index is 1.41. The summed E-state index contributed by atoms with van der Waals surface area (Å²) in [5.74, 6) is 1.01. The second-order valence-electron chi connectivity index (χ2n) is 7.97. The van der Waals surface area contributed by atoms with Crippen molar-refractivity contribution in [3.8, 4) is 5.75 Å². The van der Waals surface area contributed by atoms with Gasteiger partial charge in [-0.2, -0.15) is 0 Å². The molecule has 0 saturated carbocycles. The molecule has 2 atom stereocenters. The van der Waals surface area contributed by atoms with Crippen LogP contribution in [-0.2, 0) is 4.74 Å². The Labute approximate surface area is 185 Å². The van der Waals surface area contributed by atoms with Crippen LogP contribution in [0.4, 0.5) is 16.3 Å². The zero-order valence-corrected chi connectivity index (χ0v) is 17.9. The second-order valence-corrected chi connectivity index (χ2v) is 7.97. The zero-order valence-electron chi connectivity index (χ0n) is 17.9. The number of benzene rings is 2. The molecule has 5 rings (SSSR count). The number of anilines is 2. The minimum absolute atomic E-state index is 0.00421. The molecule has 2 aliphatic heterocycles. The van der Waals surface area contributed by atoms with Crippen molar-refractivity contribution in [1.29, 1.82) is 0 Å². The molecule has 8 heteroatoms. The smallest absolute Gasteiger partial charge is 0.324 e. The van der Waals surface area contributed by atoms with Crippen LogP contribution in [0.25, 0.3) is 10.9 Å². The van der Waals surface area contributed by atoms with E-state index in [9.17, 15) is 9.59 Å². The van der Waals surface area contributed by atoms with E-state index in [1.165, 1.54) is 0 Å². The molecule has 1 fully saturated rings. The first-order valence-electron chi connectivity index (χ1n) is 10.6. The second kappa shape index (κ2) is 8.12. The highest BCUT2D eigenvalue weighted by molar-refractivity contribution is 6.05. The predicted octanol–water partition coefficient (Wildman–Crippen LogP) is 4.19. The van der Waals surface area contributed by atoms with Gasteiger partial charge in [0.05, 0.1) is 24.8 Å². The van der Waals surface area contributed by atoms with Crippen LogP contribution in [0.15, 0.2) is 48.5 Å². The average molecular weight is 432 g/mol. The van der Waals surface area contributed by atoms with E-state index in [0.717, 1.165) is 22.9 Å². The number of methoxy groups -OCH3 is 2. The summed E-state index contributed by atoms with van der Waals surface area (Å²) >= 11 is 0. The maximum Gasteiger partial charge on any atom is 0.324 e. The highest BCUT2D eigenvalue weighted by Gasteiger charge is 2.42. The highest BCUT2D eigenvalue weighted by atomic mass is 16.5. The van der Waals surface area contributed by atoms with Crippen LogP contribution in [0.1, 0.15) is 34.8 Å². The van der Waals surface area contributed by atoms with Crippen molar-refractivity contribution in [2.75, 3.05) is 31.4 Å². The Hall–Kier alpha value is -3.65. The number of ether oxygens (including phenoxy) is 2. The molecule has 2 aliphatic rings. The van der Waals surface area contributed by atoms with Gasteiger partial charge in [-0.3, -0.25) is 10.1 Å². The van der Waals surface area contributed by atoms with Gasteiger partial charge in [-0.15, -0.1) is 0 Å². The standard InChI is InChI=1S/C24H24N4O4/c1-31-14-10-11-28-19(12-14)22-16(23(28)29)7-5-9-18(22)26-24(30)27-21-13-20(32-2)15-6-3-4-8-17(15)25-21/h3-9,13-14,19H,10-12H2,1-2H3,(H2,25,26,27,30)/t14-,19+/m1/s1. The van der Waals surface area contributed by atoms with Gasteiger partial charge in [0.1, 0.15) is 11.6 Å². The number of nitrogens with zero attached hydrogens (tertiary/aromatic N) is 2. The van der Waals surface area contributed by atoms with Crippen molar-refractivity contribution < 1.29 is 19.1 Å². The van der Waals surface area contributed by atoms with Crippen molar-refractivity contribution in [3.05, 3.63) is 59.7 Å². The quantitative estimate of drug-likeness (QED) is 0.645. The summed E-state index contributed by atoms with van der Waals surface area (Å²) in [6.07, 6.45) is 1.61. The maximum atomic E-state index is 12.9. The Morgan fingerprint density at radius 1 is 1.12 bits per heavy atom. The van der Waals surface area contributed by atoms with Crippen molar-refractivity contribution in [2.24, 2.45) is 0 Å². The van der Waals surface area contributed by atoms with Gasteiger partial charge in [-0.25, -0.2) is 9.78 Å². The third-order valence-corrected chi connectivity index (χ3v) is 6.21. The molecular weight excluding hydrogens is 408 g/mol. The lowest BCUT2D eigenvalue weighted by molar-refractivity contribution is 0.0172. The molecule has 3 amide bonds. The molecule has 8 nitrogen and oxygen atoms in total. The lowest BCUT2D eigenvalue weighted by Gasteiger charge is -2.35. The molecule has 164 valence electrons. The van der Waals surface area contributed by atoms with Crippen LogP contribution in [-0.4, -0.2) is 48.7 Å². The van der Waals surface area contributed by atoms with E-state index in [0.29, 0.717) is 35.8 Å². The molecule has 0 unspecified atom stereocenters. The number of carbonyl (C=O) groups is 2. The van der Waals surface area contributed by atoms with E-state index in [4.69, 9.17) is 9.47 Å². The van der Waals surface area contributed by atoms with Crippen LogP contribution in [0.2, 0.25) is 0 Å². The van der Waals surface area contributed by atoms with Crippen LogP contribution in [0.3, 0.4) is 0 Å². The monoisotopic (exact) mass is 432 g/mol. The fourth-order valence-electron chi connectivity index (χ4n) is 4.68. The molecule has 0 spiro atoms. The number of urea groups is 1. The fourth-order valence-corrected chi connectivity index (χ4v) is 4.68. The lowest BCUT2D eigenvalue weighted by atomic mass is 9.94. The van der Waals surface area contributed by atoms with E-state index in [2.05, 4.69) is 15.6 Å². The van der Waals surface area contributed by atoms with Gasteiger partial charge < -0.3 is 19.7 Å². The predicted molar refractivity (Wildman–Crippen MR) is 121 cm³/mol. The summed E-state index contributed by atoms with van der Waals surface area (Å²) < 4.78 is 11.0. The topological polar surface area (TPSA) is 92.8 Å². The molecule has 0 bridgehead atoms. The fraction of sp³-hybridized carbons (Fsp3) is 0.292. The van der Waals surface area contributed by atoms with Crippen LogP contribution in [0.5, 0.6) is 5.75 Å². The number of carbonyl (C=O) groups excluding carboxylic acids is 2. The molecule has 3 aromatic rings. The molecule has 1 aromatic heterocycles. The van der Waals surface area contributed by atoms with Gasteiger partial charge in [-0.1, -0.05) is 18.2 Å². The number of fused-ring (bicyclic) bond motifs is 4. The van der Waals surface area contributed by atoms with Crippen molar-refractivity contribution in [1.82, 2.24) is 9.88 Å². The van der Waals surface area contributed by atoms with E-state index in [1.54, 1.807) is 26.4 Å². The van der Waals surface area contributed by atoms with E-state index < -0.39 is 6.03 Å². The summed E-state index contributed by atoms with van der Waals surface area (Å²) in [7, 11) is 3.28. The van der Waals surface area contributed by atoms with Gasteiger partial charge >= 0.3 is 6.03 Å². The number of nitrogens with one attached hydrogen (secondary N) is 2. The van der Waals surface area contributed by atoms with Gasteiger partial charge in [0.25, 0.3) is 5.91 Å². The minimum atomic E-state index is -0.437. The van der Waals surface area contributed by atoms with E-state index in [1.807, 2.05) is 41.3 Å². The Bertz CT molecular complexity index is 1210. The summed E-state index contributed by atoms with van der Waals surface area (Å²) in [6, 6.07) is 14.1. The molecule has 0 aliphatic carbocycles. The first-order chi connectivity index (χ1) is 15.6. The highest BCUT2D eigenvalue weighted by Crippen LogP contribution is 2.44. The number of amides is 3. The third kappa shape index (κ3) is 3.42. The zero-order chi connectivity index (χ0) is 22.2. The Morgan fingerprint density at radius 3 is 2.78 bits per heavy atom. The first-order valence-corrected chi connectivity index (χ1v) is 10.6. The van der Waals surface area contributed by atoms with Crippen LogP contribution >= 0.6 is 0 Å². The van der Waals surface area contributed by atoms with Crippen molar-refractivity contribution in [2.45, 2.75) is 25.0 Å². The van der Waals surface area contributed by atoms with Gasteiger partial charge in [0.15, 0.2) is 0 Å². The number of pyridine rings is 1. The molecular formula is C24H24N4O4. The minimum Gasteiger partial charge on any atom is -0.496 e. The number of hydrogen-bond acceptors (Lipinski definition) is 5. The van der Waals surface area contributed by atoms with Gasteiger partial charge in [-0.05, 0) is 37.1 Å². The van der Waals surface area contributed by atoms with Crippen LogP contribution < -0.4 is 15.4 Å². The molecule has 32 heavy (non-hydrogen) atoms. The molecule has 2 N–H and O–H groups in total. The van der Waals surface area contributed by atoms with Crippen molar-refractivity contribution >= 4 is 34.3 Å². The van der Waals surface area contributed by atoms with Gasteiger partial charge in [0.2, 0.25) is 0 Å². The molecule has 0 radical (unpaired) electrons.